The van der Waals surface area contributed by atoms with Gasteiger partial charge in [-0.2, -0.15) is 0 Å². The minimum Gasteiger partial charge on any atom is -0.369 e. The van der Waals surface area contributed by atoms with Crippen LogP contribution >= 0.6 is 11.6 Å². The van der Waals surface area contributed by atoms with Crippen molar-refractivity contribution in [3.8, 4) is 0 Å². The zero-order chi connectivity index (χ0) is 16.8. The van der Waals surface area contributed by atoms with Gasteiger partial charge in [0.25, 0.3) is 5.91 Å². The molecule has 4 nitrogen and oxygen atoms in total. The van der Waals surface area contributed by atoms with E-state index < -0.39 is 11.8 Å². The lowest BCUT2D eigenvalue weighted by molar-refractivity contribution is -0.121. The lowest BCUT2D eigenvalue weighted by Gasteiger charge is -2.16. The van der Waals surface area contributed by atoms with E-state index in [0.717, 1.165) is 11.1 Å². The highest BCUT2D eigenvalue weighted by molar-refractivity contribution is 6.31. The van der Waals surface area contributed by atoms with E-state index in [1.807, 2.05) is 37.3 Å². The van der Waals surface area contributed by atoms with Gasteiger partial charge < -0.3 is 11.1 Å². The quantitative estimate of drug-likeness (QED) is 0.854. The van der Waals surface area contributed by atoms with E-state index in [0.29, 0.717) is 17.0 Å². The zero-order valence-electron chi connectivity index (χ0n) is 12.9. The maximum atomic E-state index is 12.2. The molecule has 0 radical (unpaired) electrons. The summed E-state index contributed by atoms with van der Waals surface area (Å²) in [6, 6.07) is 14.6. The van der Waals surface area contributed by atoms with Crippen LogP contribution in [0.2, 0.25) is 5.02 Å². The molecule has 2 rings (SSSR count). The average molecular weight is 331 g/mol. The van der Waals surface area contributed by atoms with Gasteiger partial charge in [0.2, 0.25) is 5.91 Å². The molecule has 0 aliphatic carbocycles. The summed E-state index contributed by atoms with van der Waals surface area (Å²) in [5.74, 6) is -1.19. The Morgan fingerprint density at radius 2 is 1.78 bits per heavy atom. The molecule has 1 atom stereocenters. The number of carbonyl (C=O) groups is 2. The Hall–Kier alpha value is -2.33. The Balaban J connectivity index is 2.03. The molecule has 0 fully saturated rings. The molecule has 0 saturated heterocycles. The van der Waals surface area contributed by atoms with Gasteiger partial charge >= 0.3 is 0 Å². The van der Waals surface area contributed by atoms with Crippen molar-refractivity contribution >= 4 is 23.4 Å². The highest BCUT2D eigenvalue weighted by Crippen LogP contribution is 2.18. The number of nitrogens with one attached hydrogen (secondary N) is 1. The van der Waals surface area contributed by atoms with E-state index in [1.165, 1.54) is 0 Å². The molecule has 0 unspecified atom stereocenters. The molecular formula is C18H19ClN2O2. The largest absolute Gasteiger partial charge is 0.369 e. The predicted molar refractivity (Wildman–Crippen MR) is 91.4 cm³/mol. The fraction of sp³-hybridized carbons (Fsp3) is 0.222. The van der Waals surface area contributed by atoms with E-state index in [4.69, 9.17) is 17.3 Å². The maximum absolute atomic E-state index is 12.2. The molecule has 5 heteroatoms. The standard InChI is InChI=1S/C18H19ClN2O2/c1-12-6-2-4-8-15(12)18(23)21-11-14(17(20)22)10-13-7-3-5-9-16(13)19/h2-9,14H,10-11H2,1H3,(H2,20,22)(H,21,23)/t14-/m0/s1. The molecule has 3 N–H and O–H groups in total. The molecule has 2 aromatic carbocycles. The summed E-state index contributed by atoms with van der Waals surface area (Å²) in [6.07, 6.45) is 0.392. The van der Waals surface area contributed by atoms with Crippen LogP contribution in [0.3, 0.4) is 0 Å². The van der Waals surface area contributed by atoms with Gasteiger partial charge in [0.15, 0.2) is 0 Å². The van der Waals surface area contributed by atoms with Gasteiger partial charge in [-0.15, -0.1) is 0 Å². The molecule has 0 saturated carbocycles. The van der Waals surface area contributed by atoms with E-state index in [9.17, 15) is 9.59 Å². The number of primary amides is 1. The highest BCUT2D eigenvalue weighted by Gasteiger charge is 2.19. The Labute approximate surface area is 140 Å². The van der Waals surface area contributed by atoms with Crippen molar-refractivity contribution in [2.24, 2.45) is 11.7 Å². The summed E-state index contributed by atoms with van der Waals surface area (Å²) in [7, 11) is 0. The van der Waals surface area contributed by atoms with Gasteiger partial charge in [-0.3, -0.25) is 9.59 Å². The number of carbonyl (C=O) groups excluding carboxylic acids is 2. The summed E-state index contributed by atoms with van der Waals surface area (Å²) in [4.78, 5) is 23.9. The van der Waals surface area contributed by atoms with Crippen LogP contribution in [-0.2, 0) is 11.2 Å². The summed E-state index contributed by atoms with van der Waals surface area (Å²) < 4.78 is 0. The normalized spacial score (nSPS) is 11.7. The van der Waals surface area contributed by atoms with E-state index >= 15 is 0 Å². The van der Waals surface area contributed by atoms with Crippen LogP contribution in [0.15, 0.2) is 48.5 Å². The first-order valence-electron chi connectivity index (χ1n) is 7.35. The number of aryl methyl sites for hydroxylation is 1. The number of nitrogens with two attached hydrogens (primary N) is 1. The molecule has 0 aromatic heterocycles. The second kappa shape index (κ2) is 7.79. The topological polar surface area (TPSA) is 72.2 Å². The van der Waals surface area contributed by atoms with Crippen molar-refractivity contribution in [1.82, 2.24) is 5.32 Å². The Bertz CT molecular complexity index is 716. The van der Waals surface area contributed by atoms with Crippen LogP contribution in [0.4, 0.5) is 0 Å². The molecule has 120 valence electrons. The van der Waals surface area contributed by atoms with Gasteiger partial charge in [0, 0.05) is 17.1 Å². The first-order valence-corrected chi connectivity index (χ1v) is 7.73. The summed E-state index contributed by atoms with van der Waals surface area (Å²) >= 11 is 6.11. The second-order valence-electron chi connectivity index (χ2n) is 5.42. The third-order valence-corrected chi connectivity index (χ3v) is 4.09. The number of halogens is 1. The minimum absolute atomic E-state index is 0.174. The number of benzene rings is 2. The minimum atomic E-state index is -0.511. The maximum Gasteiger partial charge on any atom is 0.251 e. The number of hydrogen-bond acceptors (Lipinski definition) is 2. The van der Waals surface area contributed by atoms with Gasteiger partial charge in [0.1, 0.15) is 0 Å². The van der Waals surface area contributed by atoms with E-state index in [2.05, 4.69) is 5.32 Å². The van der Waals surface area contributed by atoms with Crippen LogP contribution < -0.4 is 11.1 Å². The third kappa shape index (κ3) is 4.57. The number of amides is 2. The monoisotopic (exact) mass is 330 g/mol. The van der Waals surface area contributed by atoms with Crippen LogP contribution in [0.1, 0.15) is 21.5 Å². The molecule has 0 aliphatic rings. The van der Waals surface area contributed by atoms with Gasteiger partial charge in [-0.1, -0.05) is 48.0 Å². The van der Waals surface area contributed by atoms with Crippen molar-refractivity contribution in [3.05, 3.63) is 70.2 Å². The Kier molecular flexibility index (Phi) is 5.77. The van der Waals surface area contributed by atoms with Crippen LogP contribution in [0.5, 0.6) is 0 Å². The fourth-order valence-corrected chi connectivity index (χ4v) is 2.55. The van der Waals surface area contributed by atoms with Gasteiger partial charge in [-0.25, -0.2) is 0 Å². The first kappa shape index (κ1) is 17.0. The molecule has 0 spiro atoms. The molecule has 23 heavy (non-hydrogen) atoms. The molecule has 0 heterocycles. The highest BCUT2D eigenvalue weighted by atomic mass is 35.5. The SMILES string of the molecule is Cc1ccccc1C(=O)NC[C@H](Cc1ccccc1Cl)C(N)=O. The molecule has 2 amide bonds. The van der Waals surface area contributed by atoms with E-state index in [-0.39, 0.29) is 12.5 Å². The van der Waals surface area contributed by atoms with Gasteiger partial charge in [0.05, 0.1) is 5.92 Å². The third-order valence-electron chi connectivity index (χ3n) is 3.73. The lowest BCUT2D eigenvalue weighted by Crippen LogP contribution is -2.37. The average Bonchev–Trinajstić information content (AvgIpc) is 2.53. The van der Waals surface area contributed by atoms with Gasteiger partial charge in [-0.05, 0) is 36.6 Å². The Morgan fingerprint density at radius 3 is 2.43 bits per heavy atom. The zero-order valence-corrected chi connectivity index (χ0v) is 13.6. The van der Waals surface area contributed by atoms with Crippen molar-refractivity contribution in [2.75, 3.05) is 6.54 Å². The predicted octanol–water partition coefficient (Wildman–Crippen LogP) is 2.72. The van der Waals surface area contributed by atoms with Crippen molar-refractivity contribution in [3.63, 3.8) is 0 Å². The second-order valence-corrected chi connectivity index (χ2v) is 5.83. The Morgan fingerprint density at radius 1 is 1.13 bits per heavy atom. The van der Waals surface area contributed by atoms with Crippen molar-refractivity contribution in [2.45, 2.75) is 13.3 Å². The summed E-state index contributed by atoms with van der Waals surface area (Å²) in [6.45, 7) is 2.04. The van der Waals surface area contributed by atoms with E-state index in [1.54, 1.807) is 18.2 Å². The molecule has 2 aromatic rings. The summed E-state index contributed by atoms with van der Waals surface area (Å²) in [5.41, 5.74) is 7.76. The van der Waals surface area contributed by atoms with Crippen molar-refractivity contribution in [1.29, 1.82) is 0 Å². The van der Waals surface area contributed by atoms with Crippen molar-refractivity contribution < 1.29 is 9.59 Å². The molecule has 0 bridgehead atoms. The number of hydrogen-bond donors (Lipinski definition) is 2. The number of rotatable bonds is 6. The molecule has 0 aliphatic heterocycles. The fourth-order valence-electron chi connectivity index (χ4n) is 2.34. The first-order chi connectivity index (χ1) is 11.0. The van der Waals surface area contributed by atoms with Crippen LogP contribution in [0.25, 0.3) is 0 Å². The summed E-state index contributed by atoms with van der Waals surface area (Å²) in [5, 5.41) is 3.37. The lowest BCUT2D eigenvalue weighted by atomic mass is 9.98. The van der Waals surface area contributed by atoms with Crippen LogP contribution in [0, 0.1) is 12.8 Å². The smallest absolute Gasteiger partial charge is 0.251 e. The molecular weight excluding hydrogens is 312 g/mol. The van der Waals surface area contributed by atoms with Crippen LogP contribution in [-0.4, -0.2) is 18.4 Å².